The summed E-state index contributed by atoms with van der Waals surface area (Å²) >= 11 is 12.1. The maximum Gasteiger partial charge on any atom is 0.387 e. The molecule has 28 heavy (non-hydrogen) atoms. The molecule has 1 aliphatic heterocycles. The SMILES string of the molecule is CC(C)C1CNc2c(C(=O)Nc3c(Cl)cncc3Cl)ccc(OC(F)F)c2O1. The van der Waals surface area contributed by atoms with Crippen LogP contribution in [0.2, 0.25) is 10.0 Å². The molecule has 0 saturated carbocycles. The topological polar surface area (TPSA) is 72.5 Å². The van der Waals surface area contributed by atoms with Crippen molar-refractivity contribution in [2.75, 3.05) is 17.2 Å². The number of nitrogens with zero attached hydrogens (tertiary/aromatic N) is 1. The van der Waals surface area contributed by atoms with Crippen molar-refractivity contribution in [3.8, 4) is 11.5 Å². The molecule has 1 amide bonds. The third kappa shape index (κ3) is 4.23. The number of rotatable bonds is 5. The van der Waals surface area contributed by atoms with Crippen LogP contribution >= 0.6 is 23.2 Å². The molecule has 0 aliphatic carbocycles. The van der Waals surface area contributed by atoms with Crippen LogP contribution in [-0.4, -0.2) is 30.2 Å². The molecule has 10 heteroatoms. The van der Waals surface area contributed by atoms with E-state index in [1.54, 1.807) is 0 Å². The summed E-state index contributed by atoms with van der Waals surface area (Å²) in [7, 11) is 0. The Kier molecular flexibility index (Phi) is 6.10. The smallest absolute Gasteiger partial charge is 0.387 e. The van der Waals surface area contributed by atoms with Crippen LogP contribution in [0.5, 0.6) is 11.5 Å². The predicted molar refractivity (Wildman–Crippen MR) is 103 cm³/mol. The summed E-state index contributed by atoms with van der Waals surface area (Å²) in [4.78, 5) is 16.6. The lowest BCUT2D eigenvalue weighted by Gasteiger charge is -2.32. The van der Waals surface area contributed by atoms with Crippen LogP contribution in [0.25, 0.3) is 0 Å². The van der Waals surface area contributed by atoms with Crippen molar-refractivity contribution in [1.82, 2.24) is 4.98 Å². The van der Waals surface area contributed by atoms with E-state index in [1.165, 1.54) is 24.5 Å². The molecule has 0 radical (unpaired) electrons. The molecule has 1 aliphatic rings. The number of amides is 1. The van der Waals surface area contributed by atoms with Gasteiger partial charge in [-0.1, -0.05) is 37.0 Å². The van der Waals surface area contributed by atoms with Crippen LogP contribution in [0, 0.1) is 5.92 Å². The van der Waals surface area contributed by atoms with E-state index in [0.717, 1.165) is 0 Å². The van der Waals surface area contributed by atoms with Gasteiger partial charge in [-0.25, -0.2) is 0 Å². The third-order valence-corrected chi connectivity index (χ3v) is 4.74. The Labute approximate surface area is 170 Å². The molecule has 1 atom stereocenters. The molecule has 6 nitrogen and oxygen atoms in total. The highest BCUT2D eigenvalue weighted by Gasteiger charge is 2.30. The molecule has 1 aromatic heterocycles. The lowest BCUT2D eigenvalue weighted by Crippen LogP contribution is -2.36. The maximum absolute atomic E-state index is 12.8. The van der Waals surface area contributed by atoms with Crippen molar-refractivity contribution in [2.45, 2.75) is 26.6 Å². The number of halogens is 4. The van der Waals surface area contributed by atoms with Gasteiger partial charge in [0.1, 0.15) is 6.10 Å². The average molecular weight is 432 g/mol. The van der Waals surface area contributed by atoms with Crippen LogP contribution in [0.3, 0.4) is 0 Å². The summed E-state index contributed by atoms with van der Waals surface area (Å²) in [6.45, 7) is 1.25. The van der Waals surface area contributed by atoms with Crippen molar-refractivity contribution in [2.24, 2.45) is 5.92 Å². The lowest BCUT2D eigenvalue weighted by molar-refractivity contribution is -0.0523. The molecular weight excluding hydrogens is 415 g/mol. The second-order valence-corrected chi connectivity index (χ2v) is 7.22. The van der Waals surface area contributed by atoms with Gasteiger partial charge in [0.05, 0.1) is 33.5 Å². The Bertz CT molecular complexity index is 876. The van der Waals surface area contributed by atoms with Crippen LogP contribution in [0.15, 0.2) is 24.5 Å². The van der Waals surface area contributed by atoms with E-state index in [2.05, 4.69) is 20.4 Å². The van der Waals surface area contributed by atoms with E-state index in [1.807, 2.05) is 13.8 Å². The summed E-state index contributed by atoms with van der Waals surface area (Å²) in [6.07, 6.45) is 2.41. The number of pyridine rings is 1. The zero-order valence-corrected chi connectivity index (χ0v) is 16.4. The Morgan fingerprint density at radius 1 is 1.32 bits per heavy atom. The molecule has 2 heterocycles. The molecule has 0 fully saturated rings. The average Bonchev–Trinajstić information content (AvgIpc) is 2.64. The standard InChI is InChI=1S/C18H17Cl2F2N3O3/c1-8(2)13-7-24-14-9(3-4-12(16(14)27-13)28-18(21)22)17(26)25-15-10(19)5-23-6-11(15)20/h3-6,8,13,18,24H,7H2,1-2H3,(H,23,25,26). The number of alkyl halides is 2. The Hall–Kier alpha value is -2.32. The Morgan fingerprint density at radius 3 is 2.61 bits per heavy atom. The van der Waals surface area contributed by atoms with Gasteiger partial charge in [0.25, 0.3) is 5.91 Å². The fraction of sp³-hybridized carbons (Fsp3) is 0.333. The molecule has 0 spiro atoms. The predicted octanol–water partition coefficient (Wildman–Crippen LogP) is 5.07. The van der Waals surface area contributed by atoms with Crippen LogP contribution in [-0.2, 0) is 0 Å². The third-order valence-electron chi connectivity index (χ3n) is 4.17. The summed E-state index contributed by atoms with van der Waals surface area (Å²) in [6, 6.07) is 2.63. The largest absolute Gasteiger partial charge is 0.482 e. The van der Waals surface area contributed by atoms with Gasteiger partial charge in [-0.3, -0.25) is 9.78 Å². The summed E-state index contributed by atoms with van der Waals surface area (Å²) < 4.78 is 35.9. The molecule has 0 saturated heterocycles. The quantitative estimate of drug-likeness (QED) is 0.690. The summed E-state index contributed by atoms with van der Waals surface area (Å²) in [5, 5.41) is 6.02. The van der Waals surface area contributed by atoms with Crippen molar-refractivity contribution in [3.05, 3.63) is 40.1 Å². The summed E-state index contributed by atoms with van der Waals surface area (Å²) in [5.41, 5.74) is 0.624. The van der Waals surface area contributed by atoms with Crippen molar-refractivity contribution >= 4 is 40.5 Å². The van der Waals surface area contributed by atoms with Gasteiger partial charge in [0.2, 0.25) is 0 Å². The van der Waals surface area contributed by atoms with E-state index < -0.39 is 12.5 Å². The van der Waals surface area contributed by atoms with Gasteiger partial charge in [0, 0.05) is 12.4 Å². The molecular formula is C18H17Cl2F2N3O3. The highest BCUT2D eigenvalue weighted by atomic mass is 35.5. The summed E-state index contributed by atoms with van der Waals surface area (Å²) in [5.74, 6) is -0.523. The van der Waals surface area contributed by atoms with E-state index in [0.29, 0.717) is 6.54 Å². The number of carbonyl (C=O) groups is 1. The van der Waals surface area contributed by atoms with Crippen LogP contribution in [0.4, 0.5) is 20.2 Å². The Morgan fingerprint density at radius 2 is 2.00 bits per heavy atom. The second-order valence-electron chi connectivity index (χ2n) is 6.41. The molecule has 150 valence electrons. The maximum atomic E-state index is 12.8. The van der Waals surface area contributed by atoms with Crippen molar-refractivity contribution in [1.29, 1.82) is 0 Å². The molecule has 0 bridgehead atoms. The van der Waals surface area contributed by atoms with E-state index in [9.17, 15) is 13.6 Å². The fourth-order valence-corrected chi connectivity index (χ4v) is 3.17. The van der Waals surface area contributed by atoms with Gasteiger partial charge in [-0.05, 0) is 18.1 Å². The molecule has 1 aromatic carbocycles. The van der Waals surface area contributed by atoms with Gasteiger partial charge in [-0.2, -0.15) is 8.78 Å². The number of benzene rings is 1. The highest BCUT2D eigenvalue weighted by molar-refractivity contribution is 6.39. The van der Waals surface area contributed by atoms with Gasteiger partial charge < -0.3 is 20.1 Å². The first-order chi connectivity index (χ1) is 13.3. The van der Waals surface area contributed by atoms with Gasteiger partial charge in [0.15, 0.2) is 11.5 Å². The van der Waals surface area contributed by atoms with Crippen molar-refractivity contribution < 1.29 is 23.0 Å². The molecule has 1 unspecified atom stereocenters. The minimum Gasteiger partial charge on any atom is -0.482 e. The van der Waals surface area contributed by atoms with E-state index in [-0.39, 0.29) is 50.5 Å². The highest BCUT2D eigenvalue weighted by Crippen LogP contribution is 2.43. The lowest BCUT2D eigenvalue weighted by atomic mass is 10.0. The second kappa shape index (κ2) is 8.36. The van der Waals surface area contributed by atoms with Gasteiger partial charge >= 0.3 is 6.61 Å². The van der Waals surface area contributed by atoms with Gasteiger partial charge in [-0.15, -0.1) is 0 Å². The first kappa shape index (κ1) is 20.4. The molecule has 2 N–H and O–H groups in total. The number of hydrogen-bond donors (Lipinski definition) is 2. The first-order valence-electron chi connectivity index (χ1n) is 8.40. The number of nitrogens with one attached hydrogen (secondary N) is 2. The minimum absolute atomic E-state index is 0.0600. The molecule has 3 rings (SSSR count). The van der Waals surface area contributed by atoms with Crippen LogP contribution < -0.4 is 20.1 Å². The number of fused-ring (bicyclic) bond motifs is 1. The first-order valence-corrected chi connectivity index (χ1v) is 9.16. The van der Waals surface area contributed by atoms with Crippen molar-refractivity contribution in [3.63, 3.8) is 0 Å². The minimum atomic E-state index is -3.03. The number of hydrogen-bond acceptors (Lipinski definition) is 5. The zero-order valence-electron chi connectivity index (χ0n) is 14.9. The number of anilines is 2. The fourth-order valence-electron chi connectivity index (χ4n) is 2.71. The zero-order chi connectivity index (χ0) is 20.4. The Balaban J connectivity index is 1.98. The number of ether oxygens (including phenoxy) is 2. The van der Waals surface area contributed by atoms with E-state index in [4.69, 9.17) is 27.9 Å². The monoisotopic (exact) mass is 431 g/mol. The normalized spacial score (nSPS) is 15.6. The number of aromatic nitrogens is 1. The number of carbonyl (C=O) groups excluding carboxylic acids is 1. The van der Waals surface area contributed by atoms with E-state index >= 15 is 0 Å². The van der Waals surface area contributed by atoms with Crippen LogP contribution in [0.1, 0.15) is 24.2 Å². The molecule has 2 aromatic rings.